The molecule has 158 valence electrons. The van der Waals surface area contributed by atoms with Gasteiger partial charge in [-0.1, -0.05) is 31.2 Å². The molecule has 0 saturated carbocycles. The normalized spacial score (nSPS) is 14.1. The fourth-order valence-electron chi connectivity index (χ4n) is 3.22. The van der Waals surface area contributed by atoms with Gasteiger partial charge in [0, 0.05) is 37.9 Å². The van der Waals surface area contributed by atoms with Crippen LogP contribution in [-0.4, -0.2) is 54.5 Å². The molecule has 0 spiro atoms. The van der Waals surface area contributed by atoms with E-state index in [1.807, 2.05) is 61.5 Å². The number of nitrogens with one attached hydrogen (secondary N) is 1. The maximum absolute atomic E-state index is 12.5. The third-order valence-corrected chi connectivity index (χ3v) is 4.92. The molecule has 1 aliphatic rings. The molecule has 0 aliphatic carbocycles. The first-order valence-electron chi connectivity index (χ1n) is 10.4. The first kappa shape index (κ1) is 21.4. The maximum Gasteiger partial charge on any atom is 0.321 e. The van der Waals surface area contributed by atoms with E-state index in [9.17, 15) is 9.59 Å². The Morgan fingerprint density at radius 2 is 1.73 bits per heavy atom. The summed E-state index contributed by atoms with van der Waals surface area (Å²) >= 11 is 0. The van der Waals surface area contributed by atoms with Gasteiger partial charge in [0.25, 0.3) is 0 Å². The molecule has 1 aliphatic heterocycles. The zero-order valence-electron chi connectivity index (χ0n) is 17.6. The number of nitrogens with zero attached hydrogens (tertiary/aromatic N) is 2. The van der Waals surface area contributed by atoms with Crippen molar-refractivity contribution in [2.24, 2.45) is 0 Å². The van der Waals surface area contributed by atoms with E-state index in [1.165, 1.54) is 0 Å². The Bertz CT molecular complexity index is 885. The summed E-state index contributed by atoms with van der Waals surface area (Å²) in [5.74, 6) is 0.792. The molecular weight excluding hydrogens is 378 g/mol. The Kier molecular flexibility index (Phi) is 7.49. The molecule has 0 radical (unpaired) electrons. The SMILES string of the molecule is CCCOc1ccc(/C=C/C(=O)N2CCN(C(=O)Nc3cccc(C)c3)CC2)cc1. The second-order valence-electron chi connectivity index (χ2n) is 7.36. The third-order valence-electron chi connectivity index (χ3n) is 4.92. The second-order valence-corrected chi connectivity index (χ2v) is 7.36. The zero-order valence-corrected chi connectivity index (χ0v) is 17.6. The van der Waals surface area contributed by atoms with Gasteiger partial charge in [-0.25, -0.2) is 4.79 Å². The summed E-state index contributed by atoms with van der Waals surface area (Å²) in [7, 11) is 0. The van der Waals surface area contributed by atoms with Crippen molar-refractivity contribution in [2.45, 2.75) is 20.3 Å². The number of anilines is 1. The molecule has 1 fully saturated rings. The quantitative estimate of drug-likeness (QED) is 0.731. The summed E-state index contributed by atoms with van der Waals surface area (Å²) in [6, 6.07) is 15.3. The molecule has 1 heterocycles. The molecule has 0 unspecified atom stereocenters. The van der Waals surface area contributed by atoms with Crippen LogP contribution >= 0.6 is 0 Å². The smallest absolute Gasteiger partial charge is 0.321 e. The summed E-state index contributed by atoms with van der Waals surface area (Å²) in [5, 5.41) is 2.92. The van der Waals surface area contributed by atoms with E-state index in [4.69, 9.17) is 4.74 Å². The van der Waals surface area contributed by atoms with Crippen molar-refractivity contribution in [2.75, 3.05) is 38.1 Å². The Morgan fingerprint density at radius 3 is 2.40 bits per heavy atom. The van der Waals surface area contributed by atoms with Crippen molar-refractivity contribution in [1.82, 2.24) is 9.80 Å². The van der Waals surface area contributed by atoms with E-state index < -0.39 is 0 Å². The lowest BCUT2D eigenvalue weighted by molar-refractivity contribution is -0.127. The topological polar surface area (TPSA) is 61.9 Å². The van der Waals surface area contributed by atoms with Crippen LogP contribution < -0.4 is 10.1 Å². The predicted molar refractivity (Wildman–Crippen MR) is 120 cm³/mol. The highest BCUT2D eigenvalue weighted by atomic mass is 16.5. The second kappa shape index (κ2) is 10.5. The average molecular weight is 408 g/mol. The fourth-order valence-corrected chi connectivity index (χ4v) is 3.22. The van der Waals surface area contributed by atoms with Gasteiger partial charge in [0.05, 0.1) is 6.61 Å². The van der Waals surface area contributed by atoms with Crippen LogP contribution in [0, 0.1) is 6.92 Å². The number of ether oxygens (including phenoxy) is 1. The number of benzene rings is 2. The molecule has 2 aromatic rings. The van der Waals surface area contributed by atoms with Gasteiger partial charge in [0.2, 0.25) is 5.91 Å². The van der Waals surface area contributed by atoms with Gasteiger partial charge in [-0.05, 0) is 54.8 Å². The minimum absolute atomic E-state index is 0.0416. The van der Waals surface area contributed by atoms with Crippen molar-refractivity contribution >= 4 is 23.7 Å². The highest BCUT2D eigenvalue weighted by molar-refractivity contribution is 5.92. The van der Waals surface area contributed by atoms with Gasteiger partial charge in [-0.2, -0.15) is 0 Å². The van der Waals surface area contributed by atoms with Crippen molar-refractivity contribution in [3.05, 3.63) is 65.7 Å². The predicted octanol–water partition coefficient (Wildman–Crippen LogP) is 4.17. The van der Waals surface area contributed by atoms with Crippen LogP contribution in [0.5, 0.6) is 5.75 Å². The van der Waals surface area contributed by atoms with Crippen LogP contribution in [0.25, 0.3) is 6.08 Å². The highest BCUT2D eigenvalue weighted by Gasteiger charge is 2.23. The van der Waals surface area contributed by atoms with E-state index >= 15 is 0 Å². The molecule has 1 saturated heterocycles. The van der Waals surface area contributed by atoms with Crippen molar-refractivity contribution in [1.29, 1.82) is 0 Å². The molecule has 2 aromatic carbocycles. The largest absolute Gasteiger partial charge is 0.494 e. The number of hydrogen-bond donors (Lipinski definition) is 1. The Balaban J connectivity index is 1.46. The fraction of sp³-hybridized carbons (Fsp3) is 0.333. The molecule has 6 heteroatoms. The molecular formula is C24H29N3O3. The van der Waals surface area contributed by atoms with Crippen LogP contribution in [0.2, 0.25) is 0 Å². The van der Waals surface area contributed by atoms with Crippen molar-refractivity contribution in [3.63, 3.8) is 0 Å². The molecule has 30 heavy (non-hydrogen) atoms. The van der Waals surface area contributed by atoms with E-state index in [1.54, 1.807) is 15.9 Å². The molecule has 0 aromatic heterocycles. The van der Waals surface area contributed by atoms with Gasteiger partial charge < -0.3 is 19.9 Å². The first-order valence-corrected chi connectivity index (χ1v) is 10.4. The van der Waals surface area contributed by atoms with Crippen LogP contribution in [0.15, 0.2) is 54.6 Å². The minimum atomic E-state index is -0.131. The monoisotopic (exact) mass is 407 g/mol. The van der Waals surface area contributed by atoms with Crippen LogP contribution in [0.4, 0.5) is 10.5 Å². The van der Waals surface area contributed by atoms with Crippen LogP contribution in [0.1, 0.15) is 24.5 Å². The van der Waals surface area contributed by atoms with E-state index in [2.05, 4.69) is 12.2 Å². The third kappa shape index (κ3) is 6.11. The number of rotatable bonds is 6. The molecule has 3 rings (SSSR count). The van der Waals surface area contributed by atoms with Crippen LogP contribution in [0.3, 0.4) is 0 Å². The van der Waals surface area contributed by atoms with Gasteiger partial charge in [-0.15, -0.1) is 0 Å². The summed E-state index contributed by atoms with van der Waals surface area (Å²) in [4.78, 5) is 28.4. The Morgan fingerprint density at radius 1 is 1.03 bits per heavy atom. The number of carbonyl (C=O) groups is 2. The first-order chi connectivity index (χ1) is 14.5. The lowest BCUT2D eigenvalue weighted by Gasteiger charge is -2.34. The standard InChI is InChI=1S/C24H29N3O3/c1-3-17-30-22-10-7-20(8-11-22)9-12-23(28)26-13-15-27(16-14-26)24(29)25-21-6-4-5-19(2)18-21/h4-12,18H,3,13-17H2,1-2H3,(H,25,29)/b12-9+. The molecule has 0 bridgehead atoms. The number of amides is 3. The molecule has 3 amide bonds. The summed E-state index contributed by atoms with van der Waals surface area (Å²) in [6.45, 7) is 6.83. The number of aryl methyl sites for hydroxylation is 1. The van der Waals surface area contributed by atoms with Gasteiger partial charge in [0.1, 0.15) is 5.75 Å². The molecule has 6 nitrogen and oxygen atoms in total. The van der Waals surface area contributed by atoms with Gasteiger partial charge in [0.15, 0.2) is 0 Å². The molecule has 0 atom stereocenters. The maximum atomic E-state index is 12.5. The van der Waals surface area contributed by atoms with Crippen LogP contribution in [-0.2, 0) is 4.79 Å². The van der Waals surface area contributed by atoms with E-state index in [0.29, 0.717) is 32.8 Å². The van der Waals surface area contributed by atoms with E-state index in [-0.39, 0.29) is 11.9 Å². The highest BCUT2D eigenvalue weighted by Crippen LogP contribution is 2.14. The Labute approximate surface area is 178 Å². The number of urea groups is 1. The Hall–Kier alpha value is -3.28. The van der Waals surface area contributed by atoms with Crippen molar-refractivity contribution in [3.8, 4) is 5.75 Å². The zero-order chi connectivity index (χ0) is 21.3. The summed E-state index contributed by atoms with van der Waals surface area (Å²) in [6.07, 6.45) is 4.37. The average Bonchev–Trinajstić information content (AvgIpc) is 2.77. The number of hydrogen-bond acceptors (Lipinski definition) is 3. The molecule has 1 N–H and O–H groups in total. The number of carbonyl (C=O) groups excluding carboxylic acids is 2. The summed E-state index contributed by atoms with van der Waals surface area (Å²) in [5.41, 5.74) is 2.83. The lowest BCUT2D eigenvalue weighted by atomic mass is 10.2. The lowest BCUT2D eigenvalue weighted by Crippen LogP contribution is -2.51. The number of piperazine rings is 1. The van der Waals surface area contributed by atoms with Gasteiger partial charge >= 0.3 is 6.03 Å². The van der Waals surface area contributed by atoms with Gasteiger partial charge in [-0.3, -0.25) is 4.79 Å². The van der Waals surface area contributed by atoms with E-state index in [0.717, 1.165) is 29.0 Å². The van der Waals surface area contributed by atoms with Crippen molar-refractivity contribution < 1.29 is 14.3 Å². The minimum Gasteiger partial charge on any atom is -0.494 e. The summed E-state index contributed by atoms with van der Waals surface area (Å²) < 4.78 is 5.57.